The highest BCUT2D eigenvalue weighted by Crippen LogP contribution is 2.03. The van der Waals surface area contributed by atoms with Gasteiger partial charge in [-0.25, -0.2) is 14.6 Å². The van der Waals surface area contributed by atoms with Gasteiger partial charge in [-0.3, -0.25) is 5.32 Å². The first-order valence-corrected chi connectivity index (χ1v) is 4.92. The molecule has 0 atom stereocenters. The molecule has 0 aliphatic rings. The Morgan fingerprint density at radius 1 is 1.31 bits per heavy atom. The summed E-state index contributed by atoms with van der Waals surface area (Å²) < 4.78 is 0. The second kappa shape index (κ2) is 6.34. The molecular formula is C11H13N3O2. The summed E-state index contributed by atoms with van der Waals surface area (Å²) in [4.78, 5) is 25.8. The van der Waals surface area contributed by atoms with Gasteiger partial charge in [-0.15, -0.1) is 0 Å². The van der Waals surface area contributed by atoms with Crippen LogP contribution in [-0.4, -0.2) is 18.3 Å². The van der Waals surface area contributed by atoms with Gasteiger partial charge in [0.05, 0.1) is 0 Å². The van der Waals surface area contributed by atoms with Crippen LogP contribution in [0.25, 0.3) is 0 Å². The van der Waals surface area contributed by atoms with E-state index in [1.54, 1.807) is 24.3 Å². The minimum Gasteiger partial charge on any atom is -0.308 e. The van der Waals surface area contributed by atoms with Gasteiger partial charge in [-0.2, -0.15) is 0 Å². The van der Waals surface area contributed by atoms with Crippen molar-refractivity contribution in [2.45, 2.75) is 13.3 Å². The van der Waals surface area contributed by atoms with Gasteiger partial charge in [0.2, 0.25) is 0 Å². The summed E-state index contributed by atoms with van der Waals surface area (Å²) in [5.41, 5.74) is 0.618. The Hall–Kier alpha value is -2.17. The molecule has 0 aliphatic carbocycles. The van der Waals surface area contributed by atoms with E-state index in [0.717, 1.165) is 0 Å². The molecule has 0 spiro atoms. The van der Waals surface area contributed by atoms with Gasteiger partial charge in [0.25, 0.3) is 0 Å². The molecule has 0 radical (unpaired) electrons. The Kier molecular flexibility index (Phi) is 4.72. The summed E-state index contributed by atoms with van der Waals surface area (Å²) in [6.45, 7) is 1.85. The van der Waals surface area contributed by atoms with Crippen molar-refractivity contribution in [1.29, 1.82) is 0 Å². The van der Waals surface area contributed by atoms with Gasteiger partial charge in [0.15, 0.2) is 0 Å². The predicted molar refractivity (Wildman–Crippen MR) is 62.8 cm³/mol. The number of nitrogens with zero attached hydrogens (tertiary/aromatic N) is 1. The molecule has 4 amide bonds. The molecule has 1 aromatic carbocycles. The third-order valence-corrected chi connectivity index (χ3v) is 1.64. The third kappa shape index (κ3) is 4.36. The third-order valence-electron chi connectivity index (χ3n) is 1.64. The molecule has 0 aromatic heterocycles. The van der Waals surface area contributed by atoms with Crippen molar-refractivity contribution < 1.29 is 9.59 Å². The molecule has 1 aromatic rings. The van der Waals surface area contributed by atoms with Crippen LogP contribution in [0.2, 0.25) is 0 Å². The molecule has 0 aliphatic heterocycles. The smallest absolute Gasteiger partial charge is 0.308 e. The minimum absolute atomic E-state index is 0.593. The van der Waals surface area contributed by atoms with Gasteiger partial charge < -0.3 is 5.32 Å². The molecule has 0 unspecified atom stereocenters. The van der Waals surface area contributed by atoms with E-state index in [1.165, 1.54) is 6.21 Å². The van der Waals surface area contributed by atoms with Gasteiger partial charge in [-0.1, -0.05) is 25.1 Å². The van der Waals surface area contributed by atoms with E-state index in [-0.39, 0.29) is 0 Å². The van der Waals surface area contributed by atoms with Crippen LogP contribution in [0.15, 0.2) is 35.3 Å². The quantitative estimate of drug-likeness (QED) is 0.750. The van der Waals surface area contributed by atoms with Crippen molar-refractivity contribution in [2.75, 3.05) is 5.32 Å². The van der Waals surface area contributed by atoms with Crippen molar-refractivity contribution in [1.82, 2.24) is 5.32 Å². The number of nitrogens with one attached hydrogen (secondary N) is 2. The van der Waals surface area contributed by atoms with Crippen LogP contribution in [-0.2, 0) is 0 Å². The van der Waals surface area contributed by atoms with E-state index >= 15 is 0 Å². The fraction of sp³-hybridized carbons (Fsp3) is 0.182. The van der Waals surface area contributed by atoms with E-state index in [2.05, 4.69) is 15.6 Å². The second-order valence-electron chi connectivity index (χ2n) is 2.97. The number of carbonyl (C=O) groups is 2. The maximum Gasteiger partial charge on any atom is 0.348 e. The van der Waals surface area contributed by atoms with Crippen molar-refractivity contribution in [3.8, 4) is 0 Å². The summed E-state index contributed by atoms with van der Waals surface area (Å²) in [6.07, 6.45) is 2.08. The molecule has 5 nitrogen and oxygen atoms in total. The Bertz CT molecular complexity index is 387. The zero-order chi connectivity index (χ0) is 11.8. The lowest BCUT2D eigenvalue weighted by atomic mass is 10.3. The highest BCUT2D eigenvalue weighted by atomic mass is 16.2. The lowest BCUT2D eigenvalue weighted by Gasteiger charge is -2.03. The summed E-state index contributed by atoms with van der Waals surface area (Å²) in [5, 5.41) is 4.58. The maximum atomic E-state index is 11.3. The van der Waals surface area contributed by atoms with Crippen LogP contribution in [0.3, 0.4) is 0 Å². The number of benzene rings is 1. The number of imide groups is 1. The van der Waals surface area contributed by atoms with Crippen LogP contribution in [0.5, 0.6) is 0 Å². The van der Waals surface area contributed by atoms with Crippen LogP contribution in [0.1, 0.15) is 13.3 Å². The predicted octanol–water partition coefficient (Wildman–Crippen LogP) is 2.41. The van der Waals surface area contributed by atoms with Crippen LogP contribution in [0, 0.1) is 0 Å². The molecule has 5 heteroatoms. The lowest BCUT2D eigenvalue weighted by Crippen LogP contribution is -2.32. The summed E-state index contributed by atoms with van der Waals surface area (Å²) >= 11 is 0. The van der Waals surface area contributed by atoms with E-state index in [4.69, 9.17) is 0 Å². The van der Waals surface area contributed by atoms with Gasteiger partial charge in [0, 0.05) is 11.9 Å². The number of para-hydroxylation sites is 1. The molecule has 1 rings (SSSR count). The average molecular weight is 219 g/mol. The Balaban J connectivity index is 2.42. The average Bonchev–Trinajstić information content (AvgIpc) is 2.27. The van der Waals surface area contributed by atoms with E-state index < -0.39 is 12.1 Å². The molecule has 2 N–H and O–H groups in total. The molecule has 16 heavy (non-hydrogen) atoms. The first kappa shape index (κ1) is 11.9. The molecule has 0 heterocycles. The van der Waals surface area contributed by atoms with E-state index in [9.17, 15) is 9.59 Å². The Morgan fingerprint density at radius 2 is 2.00 bits per heavy atom. The van der Waals surface area contributed by atoms with Gasteiger partial charge >= 0.3 is 12.1 Å². The normalized spacial score (nSPS) is 10.1. The fourth-order valence-electron chi connectivity index (χ4n) is 0.987. The number of amides is 4. The van der Waals surface area contributed by atoms with Crippen molar-refractivity contribution in [2.24, 2.45) is 4.99 Å². The molecule has 0 fully saturated rings. The number of carbonyl (C=O) groups excluding carboxylic acids is 2. The number of hydrogen-bond donors (Lipinski definition) is 2. The number of aliphatic imine (C=N–C) groups is 1. The minimum atomic E-state index is -0.671. The van der Waals surface area contributed by atoms with Crippen LogP contribution >= 0.6 is 0 Å². The van der Waals surface area contributed by atoms with Crippen molar-refractivity contribution in [3.05, 3.63) is 30.3 Å². The second-order valence-corrected chi connectivity index (χ2v) is 2.97. The number of hydrogen-bond acceptors (Lipinski definition) is 2. The lowest BCUT2D eigenvalue weighted by molar-refractivity contribution is 0.238. The number of anilines is 1. The maximum absolute atomic E-state index is 11.3. The molecule has 0 saturated carbocycles. The SMILES string of the molecule is CCC=NC(=O)NC(=O)Nc1ccccc1. The molecule has 84 valence electrons. The zero-order valence-corrected chi connectivity index (χ0v) is 8.93. The largest absolute Gasteiger partial charge is 0.348 e. The molecular weight excluding hydrogens is 206 g/mol. The molecule has 0 saturated heterocycles. The van der Waals surface area contributed by atoms with Crippen LogP contribution in [0.4, 0.5) is 15.3 Å². The van der Waals surface area contributed by atoms with Gasteiger partial charge in [0.1, 0.15) is 0 Å². The summed E-state index contributed by atoms with van der Waals surface area (Å²) in [5.74, 6) is 0. The van der Waals surface area contributed by atoms with E-state index in [0.29, 0.717) is 12.1 Å². The number of urea groups is 2. The first-order valence-electron chi connectivity index (χ1n) is 4.92. The zero-order valence-electron chi connectivity index (χ0n) is 8.93. The number of rotatable bonds is 2. The topological polar surface area (TPSA) is 70.6 Å². The Labute approximate surface area is 93.6 Å². The van der Waals surface area contributed by atoms with E-state index in [1.807, 2.05) is 13.0 Å². The first-order chi connectivity index (χ1) is 7.72. The molecule has 0 bridgehead atoms. The summed E-state index contributed by atoms with van der Waals surface area (Å²) in [6, 6.07) is 7.58. The van der Waals surface area contributed by atoms with Gasteiger partial charge in [-0.05, 0) is 18.6 Å². The highest BCUT2D eigenvalue weighted by Gasteiger charge is 2.04. The standard InChI is InChI=1S/C11H13N3O2/c1-2-8-12-10(15)14-11(16)13-9-6-4-3-5-7-9/h3-8H,2H2,1H3,(H2,13,14,15,16). The Morgan fingerprint density at radius 3 is 2.62 bits per heavy atom. The van der Waals surface area contributed by atoms with Crippen LogP contribution < -0.4 is 10.6 Å². The fourth-order valence-corrected chi connectivity index (χ4v) is 0.987. The highest BCUT2D eigenvalue weighted by molar-refractivity contribution is 6.02. The summed E-state index contributed by atoms with van der Waals surface area (Å²) in [7, 11) is 0. The monoisotopic (exact) mass is 219 g/mol. The van der Waals surface area contributed by atoms with Crippen molar-refractivity contribution >= 4 is 24.0 Å². The van der Waals surface area contributed by atoms with Crippen molar-refractivity contribution in [3.63, 3.8) is 0 Å².